The molecule has 1 fully saturated rings. The first-order chi connectivity index (χ1) is 12.1. The van der Waals surface area contributed by atoms with Crippen molar-refractivity contribution in [1.29, 1.82) is 0 Å². The SMILES string of the molecule is O=C(Oc1ccc(N2C(=O)[C@@H]3CC=CC[C@H]3C2=O)cc1)c1ccco1. The fourth-order valence-corrected chi connectivity index (χ4v) is 3.27. The van der Waals surface area contributed by atoms with Gasteiger partial charge in [0.05, 0.1) is 23.8 Å². The largest absolute Gasteiger partial charge is 0.457 e. The van der Waals surface area contributed by atoms with Crippen LogP contribution in [0.2, 0.25) is 0 Å². The number of imide groups is 1. The van der Waals surface area contributed by atoms with E-state index in [1.54, 1.807) is 30.3 Å². The average Bonchev–Trinajstić information content (AvgIpc) is 3.25. The summed E-state index contributed by atoms with van der Waals surface area (Å²) in [6.45, 7) is 0. The summed E-state index contributed by atoms with van der Waals surface area (Å²) in [5.74, 6) is -1.07. The first-order valence-corrected chi connectivity index (χ1v) is 8.03. The lowest BCUT2D eigenvalue weighted by Crippen LogP contribution is -2.30. The molecule has 1 aliphatic carbocycles. The monoisotopic (exact) mass is 337 g/mol. The Morgan fingerprint density at radius 1 is 1.00 bits per heavy atom. The fourth-order valence-electron chi connectivity index (χ4n) is 3.27. The van der Waals surface area contributed by atoms with Crippen molar-refractivity contribution in [3.05, 3.63) is 60.6 Å². The fraction of sp³-hybridized carbons (Fsp3) is 0.211. The van der Waals surface area contributed by atoms with Crippen molar-refractivity contribution in [2.24, 2.45) is 11.8 Å². The second kappa shape index (κ2) is 6.05. The molecule has 2 aliphatic rings. The van der Waals surface area contributed by atoms with E-state index in [4.69, 9.17) is 9.15 Å². The minimum Gasteiger partial charge on any atom is -0.457 e. The van der Waals surface area contributed by atoms with Gasteiger partial charge >= 0.3 is 5.97 Å². The summed E-state index contributed by atoms with van der Waals surface area (Å²) in [7, 11) is 0. The molecule has 1 aromatic heterocycles. The maximum absolute atomic E-state index is 12.5. The molecule has 0 spiro atoms. The van der Waals surface area contributed by atoms with Crippen molar-refractivity contribution in [1.82, 2.24) is 0 Å². The molecule has 0 bridgehead atoms. The summed E-state index contributed by atoms with van der Waals surface area (Å²) in [4.78, 5) is 38.2. The van der Waals surface area contributed by atoms with E-state index in [1.807, 2.05) is 12.2 Å². The third-order valence-corrected chi connectivity index (χ3v) is 4.54. The van der Waals surface area contributed by atoms with Gasteiger partial charge in [0.15, 0.2) is 0 Å². The van der Waals surface area contributed by atoms with Crippen LogP contribution in [0.3, 0.4) is 0 Å². The zero-order valence-electron chi connectivity index (χ0n) is 13.3. The van der Waals surface area contributed by atoms with Gasteiger partial charge in [0.1, 0.15) is 5.75 Å². The second-order valence-electron chi connectivity index (χ2n) is 6.03. The van der Waals surface area contributed by atoms with Gasteiger partial charge in [-0.25, -0.2) is 4.79 Å². The predicted molar refractivity (Wildman–Crippen MR) is 88.0 cm³/mol. The molecular formula is C19H15NO5. The first-order valence-electron chi connectivity index (χ1n) is 8.03. The Bertz CT molecular complexity index is 824. The van der Waals surface area contributed by atoms with Crippen LogP contribution in [0.1, 0.15) is 23.4 Å². The Kier molecular flexibility index (Phi) is 3.72. The molecule has 2 amide bonds. The van der Waals surface area contributed by atoms with E-state index >= 15 is 0 Å². The van der Waals surface area contributed by atoms with E-state index in [2.05, 4.69) is 0 Å². The van der Waals surface area contributed by atoms with Crippen LogP contribution >= 0.6 is 0 Å². The van der Waals surface area contributed by atoms with E-state index in [0.29, 0.717) is 24.3 Å². The normalized spacial score (nSPS) is 22.2. The molecule has 0 radical (unpaired) electrons. The summed E-state index contributed by atoms with van der Waals surface area (Å²) in [6.07, 6.45) is 6.49. The number of anilines is 1. The van der Waals surface area contributed by atoms with Crippen molar-refractivity contribution in [3.8, 4) is 5.75 Å². The van der Waals surface area contributed by atoms with E-state index in [9.17, 15) is 14.4 Å². The summed E-state index contributed by atoms with van der Waals surface area (Å²) < 4.78 is 10.2. The molecule has 126 valence electrons. The topological polar surface area (TPSA) is 76.8 Å². The number of benzene rings is 1. The van der Waals surface area contributed by atoms with Crippen LogP contribution in [0.25, 0.3) is 0 Å². The van der Waals surface area contributed by atoms with Gasteiger partial charge in [0.2, 0.25) is 17.6 Å². The van der Waals surface area contributed by atoms with Crippen LogP contribution in [0.15, 0.2) is 59.2 Å². The van der Waals surface area contributed by atoms with Crippen molar-refractivity contribution >= 4 is 23.5 Å². The number of fused-ring (bicyclic) bond motifs is 1. The Hall–Kier alpha value is -3.15. The Morgan fingerprint density at radius 3 is 2.20 bits per heavy atom. The highest BCUT2D eigenvalue weighted by molar-refractivity contribution is 6.22. The van der Waals surface area contributed by atoms with Crippen LogP contribution in [0.5, 0.6) is 5.75 Å². The summed E-state index contributed by atoms with van der Waals surface area (Å²) in [5.41, 5.74) is 0.488. The molecule has 1 aliphatic heterocycles. The van der Waals surface area contributed by atoms with E-state index in [0.717, 1.165) is 0 Å². The number of carbonyl (C=O) groups is 3. The van der Waals surface area contributed by atoms with Gasteiger partial charge in [-0.2, -0.15) is 0 Å². The zero-order valence-corrected chi connectivity index (χ0v) is 13.3. The highest BCUT2D eigenvalue weighted by Gasteiger charge is 2.47. The second-order valence-corrected chi connectivity index (χ2v) is 6.03. The maximum Gasteiger partial charge on any atom is 0.379 e. The summed E-state index contributed by atoms with van der Waals surface area (Å²) in [5, 5.41) is 0. The molecule has 2 heterocycles. The van der Waals surface area contributed by atoms with Gasteiger partial charge in [-0.1, -0.05) is 12.2 Å². The Balaban J connectivity index is 1.51. The van der Waals surface area contributed by atoms with Crippen molar-refractivity contribution in [2.45, 2.75) is 12.8 Å². The highest BCUT2D eigenvalue weighted by Crippen LogP contribution is 2.37. The number of nitrogens with zero attached hydrogens (tertiary/aromatic N) is 1. The maximum atomic E-state index is 12.5. The lowest BCUT2D eigenvalue weighted by Gasteiger charge is -2.15. The lowest BCUT2D eigenvalue weighted by molar-refractivity contribution is -0.122. The number of hydrogen-bond acceptors (Lipinski definition) is 5. The van der Waals surface area contributed by atoms with Crippen LogP contribution in [0.4, 0.5) is 5.69 Å². The van der Waals surface area contributed by atoms with Gasteiger partial charge in [0, 0.05) is 0 Å². The molecule has 2 atom stereocenters. The average molecular weight is 337 g/mol. The number of ether oxygens (including phenoxy) is 1. The summed E-state index contributed by atoms with van der Waals surface area (Å²) in [6, 6.07) is 9.41. The number of carbonyl (C=O) groups excluding carboxylic acids is 3. The first kappa shape index (κ1) is 15.4. The van der Waals surface area contributed by atoms with E-state index in [-0.39, 0.29) is 29.4 Å². The third kappa shape index (κ3) is 2.65. The quantitative estimate of drug-likeness (QED) is 0.372. The third-order valence-electron chi connectivity index (χ3n) is 4.54. The standard InChI is InChI=1S/C19H15NO5/c21-17-14-4-1-2-5-15(14)18(22)20(17)12-7-9-13(10-8-12)25-19(23)16-6-3-11-24-16/h1-3,6-11,14-15H,4-5H2/t14-,15-/m1/s1. The highest BCUT2D eigenvalue weighted by atomic mass is 16.5. The number of esters is 1. The number of amides is 2. The van der Waals surface area contributed by atoms with Crippen molar-refractivity contribution < 1.29 is 23.5 Å². The number of allylic oxidation sites excluding steroid dienone is 2. The minimum atomic E-state index is -0.608. The minimum absolute atomic E-state index is 0.102. The zero-order chi connectivity index (χ0) is 17.4. The van der Waals surface area contributed by atoms with Gasteiger partial charge in [-0.05, 0) is 49.2 Å². The molecule has 2 aromatic rings. The molecule has 6 heteroatoms. The van der Waals surface area contributed by atoms with Crippen molar-refractivity contribution in [2.75, 3.05) is 4.90 Å². The lowest BCUT2D eigenvalue weighted by atomic mass is 9.85. The van der Waals surface area contributed by atoms with E-state index in [1.165, 1.54) is 17.2 Å². The molecule has 6 nitrogen and oxygen atoms in total. The van der Waals surface area contributed by atoms with Crippen LogP contribution in [-0.2, 0) is 9.59 Å². The molecule has 0 unspecified atom stereocenters. The van der Waals surface area contributed by atoms with E-state index < -0.39 is 5.97 Å². The molecular weight excluding hydrogens is 322 g/mol. The van der Waals surface area contributed by atoms with Crippen LogP contribution in [0, 0.1) is 11.8 Å². The number of hydrogen-bond donors (Lipinski definition) is 0. The van der Waals surface area contributed by atoms with Gasteiger partial charge in [0.25, 0.3) is 0 Å². The molecule has 1 saturated heterocycles. The predicted octanol–water partition coefficient (Wildman–Crippen LogP) is 2.95. The van der Waals surface area contributed by atoms with Gasteiger partial charge < -0.3 is 9.15 Å². The van der Waals surface area contributed by atoms with Crippen molar-refractivity contribution in [3.63, 3.8) is 0 Å². The molecule has 0 saturated carbocycles. The molecule has 0 N–H and O–H groups in total. The Morgan fingerprint density at radius 2 is 1.64 bits per heavy atom. The van der Waals surface area contributed by atoms with Gasteiger partial charge in [-0.3, -0.25) is 14.5 Å². The summed E-state index contributed by atoms with van der Waals surface area (Å²) >= 11 is 0. The van der Waals surface area contributed by atoms with Gasteiger partial charge in [-0.15, -0.1) is 0 Å². The number of rotatable bonds is 3. The smallest absolute Gasteiger partial charge is 0.379 e. The molecule has 1 aromatic carbocycles. The Labute approximate surface area is 143 Å². The molecule has 25 heavy (non-hydrogen) atoms. The number of furan rings is 1. The molecule has 4 rings (SSSR count). The van der Waals surface area contributed by atoms with Crippen LogP contribution < -0.4 is 9.64 Å². The van der Waals surface area contributed by atoms with Crippen LogP contribution in [-0.4, -0.2) is 17.8 Å².